The second-order valence-corrected chi connectivity index (χ2v) is 7.73. The third-order valence-corrected chi connectivity index (χ3v) is 5.65. The van der Waals surface area contributed by atoms with Crippen LogP contribution in [0.3, 0.4) is 0 Å². The standard InChI is InChI=1S/C20H18Cl2N2O2/c1-23-10-15(14-8-12(21)9-17(22)16(14)11-23)13-4-2-3-5-18(13)24-19(25)6-7-20(24)26/h2-5,8-9,15H,6-7,10-11H2,1H3. The monoisotopic (exact) mass is 388 g/mol. The molecule has 2 amide bonds. The van der Waals surface area contributed by atoms with Crippen molar-refractivity contribution < 1.29 is 9.59 Å². The van der Waals surface area contributed by atoms with Crippen LogP contribution < -0.4 is 4.90 Å². The number of hydrogen-bond acceptors (Lipinski definition) is 3. The van der Waals surface area contributed by atoms with Crippen LogP contribution in [-0.2, 0) is 16.1 Å². The maximum Gasteiger partial charge on any atom is 0.234 e. The molecule has 2 aromatic rings. The molecule has 0 aromatic heterocycles. The van der Waals surface area contributed by atoms with Gasteiger partial charge in [-0.2, -0.15) is 0 Å². The van der Waals surface area contributed by atoms with Crippen LogP contribution in [0.4, 0.5) is 5.69 Å². The van der Waals surface area contributed by atoms with Crippen LogP contribution in [0.2, 0.25) is 10.0 Å². The molecule has 0 saturated carbocycles. The molecular formula is C20H18Cl2N2O2. The molecule has 0 aliphatic carbocycles. The van der Waals surface area contributed by atoms with E-state index in [1.807, 2.05) is 37.4 Å². The molecule has 2 heterocycles. The number of fused-ring (bicyclic) bond motifs is 1. The first kappa shape index (κ1) is 17.5. The summed E-state index contributed by atoms with van der Waals surface area (Å²) in [7, 11) is 2.04. The van der Waals surface area contributed by atoms with E-state index in [-0.39, 0.29) is 30.6 Å². The number of benzene rings is 2. The van der Waals surface area contributed by atoms with E-state index >= 15 is 0 Å². The van der Waals surface area contributed by atoms with Crippen molar-refractivity contribution in [1.82, 2.24) is 4.90 Å². The fourth-order valence-corrected chi connectivity index (χ4v) is 4.51. The van der Waals surface area contributed by atoms with Crippen LogP contribution in [0.25, 0.3) is 0 Å². The number of hydrogen-bond donors (Lipinski definition) is 0. The second-order valence-electron chi connectivity index (χ2n) is 6.89. The van der Waals surface area contributed by atoms with Crippen molar-refractivity contribution in [3.05, 3.63) is 63.1 Å². The Morgan fingerprint density at radius 2 is 1.69 bits per heavy atom. The van der Waals surface area contributed by atoms with E-state index in [4.69, 9.17) is 23.2 Å². The van der Waals surface area contributed by atoms with Crippen LogP contribution in [0.15, 0.2) is 36.4 Å². The van der Waals surface area contributed by atoms with Crippen LogP contribution in [0.1, 0.15) is 35.4 Å². The van der Waals surface area contributed by atoms with Crippen molar-refractivity contribution in [2.75, 3.05) is 18.5 Å². The highest BCUT2D eigenvalue weighted by molar-refractivity contribution is 6.35. The molecule has 0 N–H and O–H groups in total. The Bertz CT molecular complexity index is 897. The quantitative estimate of drug-likeness (QED) is 0.722. The third-order valence-electron chi connectivity index (χ3n) is 5.10. The minimum Gasteiger partial charge on any atom is -0.301 e. The summed E-state index contributed by atoms with van der Waals surface area (Å²) in [5, 5.41) is 1.24. The average molecular weight is 389 g/mol. The fourth-order valence-electron chi connectivity index (χ4n) is 3.94. The molecule has 1 saturated heterocycles. The van der Waals surface area contributed by atoms with Crippen LogP contribution in [-0.4, -0.2) is 30.3 Å². The molecule has 1 fully saturated rings. The number of carbonyl (C=O) groups excluding carboxylic acids is 2. The molecule has 2 aliphatic rings. The van der Waals surface area contributed by atoms with Gasteiger partial charge in [-0.05, 0) is 41.9 Å². The Kier molecular flexibility index (Phi) is 4.51. The van der Waals surface area contributed by atoms with Crippen LogP contribution >= 0.6 is 23.2 Å². The van der Waals surface area contributed by atoms with Gasteiger partial charge >= 0.3 is 0 Å². The minimum absolute atomic E-state index is 0.0163. The van der Waals surface area contributed by atoms with Gasteiger partial charge in [0, 0.05) is 41.9 Å². The van der Waals surface area contributed by atoms with Gasteiger partial charge in [-0.15, -0.1) is 0 Å². The SMILES string of the molecule is CN1Cc2c(Cl)cc(Cl)cc2C(c2ccccc2N2C(=O)CCC2=O)C1. The molecule has 26 heavy (non-hydrogen) atoms. The predicted molar refractivity (Wildman–Crippen MR) is 103 cm³/mol. The van der Waals surface area contributed by atoms with Crippen LogP contribution in [0.5, 0.6) is 0 Å². The summed E-state index contributed by atoms with van der Waals surface area (Å²) in [5.74, 6) is -0.302. The molecule has 2 aromatic carbocycles. The number of halogens is 2. The number of para-hydroxylation sites is 1. The van der Waals surface area contributed by atoms with Crippen LogP contribution in [0, 0.1) is 0 Å². The van der Waals surface area contributed by atoms with E-state index in [9.17, 15) is 9.59 Å². The fraction of sp³-hybridized carbons (Fsp3) is 0.300. The topological polar surface area (TPSA) is 40.6 Å². The highest BCUT2D eigenvalue weighted by atomic mass is 35.5. The summed E-state index contributed by atoms with van der Waals surface area (Å²) in [6.07, 6.45) is 0.540. The van der Waals surface area contributed by atoms with E-state index in [0.29, 0.717) is 15.7 Å². The highest BCUT2D eigenvalue weighted by Gasteiger charge is 2.35. The van der Waals surface area contributed by atoms with Gasteiger partial charge in [-0.1, -0.05) is 41.4 Å². The van der Waals surface area contributed by atoms with Gasteiger partial charge in [-0.3, -0.25) is 14.5 Å². The molecule has 4 nitrogen and oxygen atoms in total. The van der Waals surface area contributed by atoms with Gasteiger partial charge in [0.25, 0.3) is 0 Å². The maximum atomic E-state index is 12.3. The zero-order valence-electron chi connectivity index (χ0n) is 14.3. The summed E-state index contributed by atoms with van der Waals surface area (Å²) >= 11 is 12.7. The first-order valence-corrected chi connectivity index (χ1v) is 9.32. The molecule has 0 bridgehead atoms. The van der Waals surface area contributed by atoms with Crippen molar-refractivity contribution in [1.29, 1.82) is 0 Å². The summed E-state index contributed by atoms with van der Waals surface area (Å²) in [6.45, 7) is 1.50. The van der Waals surface area contributed by atoms with Gasteiger partial charge in [0.2, 0.25) is 11.8 Å². The maximum absolute atomic E-state index is 12.3. The molecular weight excluding hydrogens is 371 g/mol. The summed E-state index contributed by atoms with van der Waals surface area (Å²) in [5.41, 5.74) is 3.72. The molecule has 6 heteroatoms. The van der Waals surface area contributed by atoms with Crippen molar-refractivity contribution >= 4 is 40.7 Å². The Morgan fingerprint density at radius 1 is 1.00 bits per heavy atom. The van der Waals surface area contributed by atoms with Gasteiger partial charge in [0.05, 0.1) is 5.69 Å². The van der Waals surface area contributed by atoms with Crippen molar-refractivity contribution in [3.63, 3.8) is 0 Å². The van der Waals surface area contributed by atoms with E-state index in [1.54, 1.807) is 6.07 Å². The predicted octanol–water partition coefficient (Wildman–Crippen LogP) is 4.22. The van der Waals surface area contributed by atoms with Gasteiger partial charge in [0.15, 0.2) is 0 Å². The number of rotatable bonds is 2. The molecule has 0 spiro atoms. The number of imide groups is 1. The second kappa shape index (κ2) is 6.69. The number of likely N-dealkylation sites (N-methyl/N-ethyl adjacent to an activating group) is 1. The lowest BCUT2D eigenvalue weighted by atomic mass is 9.83. The van der Waals surface area contributed by atoms with Gasteiger partial charge in [-0.25, -0.2) is 0 Å². The van der Waals surface area contributed by atoms with E-state index in [1.165, 1.54) is 4.90 Å². The number of anilines is 1. The number of carbonyl (C=O) groups is 2. The van der Waals surface area contributed by atoms with Gasteiger partial charge in [0.1, 0.15) is 0 Å². The molecule has 2 aliphatic heterocycles. The summed E-state index contributed by atoms with van der Waals surface area (Å²) in [6, 6.07) is 11.3. The molecule has 1 atom stereocenters. The molecule has 4 rings (SSSR count). The molecule has 1 unspecified atom stereocenters. The zero-order valence-corrected chi connectivity index (χ0v) is 15.8. The van der Waals surface area contributed by atoms with Crippen molar-refractivity contribution in [2.45, 2.75) is 25.3 Å². The van der Waals surface area contributed by atoms with E-state index in [0.717, 1.165) is 29.8 Å². The highest BCUT2D eigenvalue weighted by Crippen LogP contribution is 2.42. The number of amides is 2. The lowest BCUT2D eigenvalue weighted by Gasteiger charge is -2.35. The molecule has 0 radical (unpaired) electrons. The average Bonchev–Trinajstić information content (AvgIpc) is 2.93. The first-order chi connectivity index (χ1) is 12.5. The largest absolute Gasteiger partial charge is 0.301 e. The van der Waals surface area contributed by atoms with E-state index < -0.39 is 0 Å². The Labute approximate surface area is 162 Å². The first-order valence-electron chi connectivity index (χ1n) is 8.57. The lowest BCUT2D eigenvalue weighted by Crippen LogP contribution is -2.34. The minimum atomic E-state index is -0.143. The van der Waals surface area contributed by atoms with Crippen molar-refractivity contribution in [3.8, 4) is 0 Å². The smallest absolute Gasteiger partial charge is 0.234 e. The molecule has 134 valence electrons. The third kappa shape index (κ3) is 2.92. The Balaban J connectivity index is 1.88. The number of nitrogens with zero attached hydrogens (tertiary/aromatic N) is 2. The lowest BCUT2D eigenvalue weighted by molar-refractivity contribution is -0.121. The Hall–Kier alpha value is -1.88. The normalized spacial score (nSPS) is 20.6. The van der Waals surface area contributed by atoms with E-state index in [2.05, 4.69) is 4.90 Å². The Morgan fingerprint density at radius 3 is 2.42 bits per heavy atom. The zero-order chi connectivity index (χ0) is 18.4. The summed E-state index contributed by atoms with van der Waals surface area (Å²) < 4.78 is 0. The van der Waals surface area contributed by atoms with Crippen molar-refractivity contribution in [2.24, 2.45) is 0 Å². The summed E-state index contributed by atoms with van der Waals surface area (Å²) in [4.78, 5) is 28.1. The van der Waals surface area contributed by atoms with Gasteiger partial charge < -0.3 is 4.90 Å².